The van der Waals surface area contributed by atoms with E-state index in [1.165, 1.54) is 0 Å². The van der Waals surface area contributed by atoms with E-state index in [1.807, 2.05) is 5.32 Å². The summed E-state index contributed by atoms with van der Waals surface area (Å²) in [5, 5.41) is 8.38. The van der Waals surface area contributed by atoms with Crippen LogP contribution in [0, 0.1) is 11.6 Å². The van der Waals surface area contributed by atoms with E-state index in [0.717, 1.165) is 12.1 Å². The lowest BCUT2D eigenvalue weighted by Crippen LogP contribution is -2.16. The molecule has 18 heavy (non-hydrogen) atoms. The SMILES string of the molecule is Nc1nonc1C(=O)Nc1c(F)cc(Br)cc1F. The lowest BCUT2D eigenvalue weighted by Gasteiger charge is -2.06. The van der Waals surface area contributed by atoms with Gasteiger partial charge in [-0.2, -0.15) is 0 Å². The topological polar surface area (TPSA) is 94.0 Å². The van der Waals surface area contributed by atoms with Gasteiger partial charge in [0.25, 0.3) is 5.91 Å². The third kappa shape index (κ3) is 2.30. The number of rotatable bonds is 2. The molecule has 0 saturated carbocycles. The molecule has 0 unspecified atom stereocenters. The van der Waals surface area contributed by atoms with Crippen LogP contribution < -0.4 is 11.1 Å². The standard InChI is InChI=1S/C9H5BrF2N4O2/c10-3-1-4(11)6(5(12)2-3)14-9(17)7-8(13)16-18-15-7/h1-2H,(H2,13,16)(H,14,17). The Morgan fingerprint density at radius 2 is 1.94 bits per heavy atom. The van der Waals surface area contributed by atoms with Gasteiger partial charge in [0.1, 0.15) is 5.69 Å². The summed E-state index contributed by atoms with van der Waals surface area (Å²) < 4.78 is 31.3. The number of halogens is 3. The van der Waals surface area contributed by atoms with E-state index >= 15 is 0 Å². The number of carbonyl (C=O) groups is 1. The van der Waals surface area contributed by atoms with Crippen LogP contribution in [0.25, 0.3) is 0 Å². The summed E-state index contributed by atoms with van der Waals surface area (Å²) in [7, 11) is 0. The number of nitrogen functional groups attached to an aromatic ring is 1. The normalized spacial score (nSPS) is 10.4. The highest BCUT2D eigenvalue weighted by atomic mass is 79.9. The number of nitrogens with zero attached hydrogens (tertiary/aromatic N) is 2. The van der Waals surface area contributed by atoms with Crippen LogP contribution in [0.15, 0.2) is 21.2 Å². The minimum atomic E-state index is -0.940. The molecule has 0 atom stereocenters. The Balaban J connectivity index is 2.31. The van der Waals surface area contributed by atoms with Crippen LogP contribution in [0.1, 0.15) is 10.5 Å². The molecule has 2 aromatic rings. The molecule has 0 radical (unpaired) electrons. The maximum absolute atomic E-state index is 13.4. The minimum absolute atomic E-state index is 0.207. The molecule has 0 aliphatic rings. The molecule has 0 aliphatic carbocycles. The summed E-state index contributed by atoms with van der Waals surface area (Å²) in [5.74, 6) is -3.07. The van der Waals surface area contributed by atoms with E-state index in [-0.39, 0.29) is 16.0 Å². The Morgan fingerprint density at radius 3 is 2.44 bits per heavy atom. The predicted octanol–water partition coefficient (Wildman–Crippen LogP) is 1.94. The Kier molecular flexibility index (Phi) is 3.24. The first-order chi connectivity index (χ1) is 8.49. The van der Waals surface area contributed by atoms with E-state index in [4.69, 9.17) is 5.73 Å². The first-order valence-electron chi connectivity index (χ1n) is 4.53. The molecule has 3 N–H and O–H groups in total. The molecule has 0 bridgehead atoms. The number of anilines is 2. The zero-order valence-electron chi connectivity index (χ0n) is 8.58. The van der Waals surface area contributed by atoms with Gasteiger partial charge in [0.05, 0.1) is 0 Å². The highest BCUT2D eigenvalue weighted by molar-refractivity contribution is 9.10. The molecule has 1 heterocycles. The number of hydrogen-bond acceptors (Lipinski definition) is 5. The van der Waals surface area contributed by atoms with Crippen LogP contribution in [0.2, 0.25) is 0 Å². The molecule has 0 spiro atoms. The molecule has 0 fully saturated rings. The van der Waals surface area contributed by atoms with Gasteiger partial charge in [-0.05, 0) is 22.4 Å². The number of nitrogens with one attached hydrogen (secondary N) is 1. The Labute approximate surface area is 107 Å². The fourth-order valence-corrected chi connectivity index (χ4v) is 1.59. The number of benzene rings is 1. The fraction of sp³-hybridized carbons (Fsp3) is 0. The van der Waals surface area contributed by atoms with Crippen molar-refractivity contribution in [2.45, 2.75) is 0 Å². The average molecular weight is 319 g/mol. The summed E-state index contributed by atoms with van der Waals surface area (Å²) in [5.41, 5.74) is 4.32. The summed E-state index contributed by atoms with van der Waals surface area (Å²) in [6.07, 6.45) is 0. The maximum atomic E-state index is 13.4. The molecule has 0 saturated heterocycles. The zero-order chi connectivity index (χ0) is 13.3. The van der Waals surface area contributed by atoms with Crippen molar-refractivity contribution in [3.63, 3.8) is 0 Å². The van der Waals surface area contributed by atoms with E-state index in [9.17, 15) is 13.6 Å². The van der Waals surface area contributed by atoms with Crippen molar-refractivity contribution < 1.29 is 18.2 Å². The van der Waals surface area contributed by atoms with Crippen molar-refractivity contribution in [2.24, 2.45) is 0 Å². The second-order valence-corrected chi connectivity index (χ2v) is 4.11. The summed E-state index contributed by atoms with van der Waals surface area (Å²) in [4.78, 5) is 11.6. The number of aromatic nitrogens is 2. The van der Waals surface area contributed by atoms with Crippen molar-refractivity contribution in [1.82, 2.24) is 10.3 Å². The first-order valence-corrected chi connectivity index (χ1v) is 5.32. The van der Waals surface area contributed by atoms with Crippen LogP contribution >= 0.6 is 15.9 Å². The van der Waals surface area contributed by atoms with Gasteiger partial charge in [-0.25, -0.2) is 13.4 Å². The van der Waals surface area contributed by atoms with Gasteiger partial charge in [-0.1, -0.05) is 15.9 Å². The average Bonchev–Trinajstić information content (AvgIpc) is 2.69. The molecule has 1 aromatic carbocycles. The Morgan fingerprint density at radius 1 is 1.33 bits per heavy atom. The van der Waals surface area contributed by atoms with Gasteiger partial charge in [0.15, 0.2) is 11.6 Å². The van der Waals surface area contributed by atoms with Gasteiger partial charge in [0.2, 0.25) is 11.5 Å². The first kappa shape index (κ1) is 12.4. The lowest BCUT2D eigenvalue weighted by atomic mass is 10.2. The van der Waals surface area contributed by atoms with E-state index in [2.05, 4.69) is 30.9 Å². The largest absolute Gasteiger partial charge is 0.379 e. The summed E-state index contributed by atoms with van der Waals surface area (Å²) >= 11 is 2.91. The molecule has 1 aromatic heterocycles. The van der Waals surface area contributed by atoms with Crippen LogP contribution in [-0.4, -0.2) is 16.2 Å². The van der Waals surface area contributed by atoms with Crippen LogP contribution in [0.5, 0.6) is 0 Å². The Hall–Kier alpha value is -2.03. The second kappa shape index (κ2) is 4.69. The number of nitrogens with two attached hydrogens (primary N) is 1. The molecule has 94 valence electrons. The summed E-state index contributed by atoms with van der Waals surface area (Å²) in [6, 6.07) is 2.01. The highest BCUT2D eigenvalue weighted by Crippen LogP contribution is 2.24. The minimum Gasteiger partial charge on any atom is -0.379 e. The zero-order valence-corrected chi connectivity index (χ0v) is 10.2. The van der Waals surface area contributed by atoms with E-state index in [1.54, 1.807) is 0 Å². The second-order valence-electron chi connectivity index (χ2n) is 3.20. The van der Waals surface area contributed by atoms with Crippen molar-refractivity contribution in [3.8, 4) is 0 Å². The van der Waals surface area contributed by atoms with Gasteiger partial charge in [-0.15, -0.1) is 0 Å². The van der Waals surface area contributed by atoms with E-state index < -0.39 is 23.2 Å². The van der Waals surface area contributed by atoms with Crippen molar-refractivity contribution in [3.05, 3.63) is 33.9 Å². The molecular formula is C9H5BrF2N4O2. The van der Waals surface area contributed by atoms with Gasteiger partial charge in [0, 0.05) is 4.47 Å². The van der Waals surface area contributed by atoms with Gasteiger partial charge < -0.3 is 11.1 Å². The molecule has 9 heteroatoms. The van der Waals surface area contributed by atoms with Crippen molar-refractivity contribution in [2.75, 3.05) is 11.1 Å². The smallest absolute Gasteiger partial charge is 0.281 e. The van der Waals surface area contributed by atoms with E-state index in [0.29, 0.717) is 0 Å². The number of hydrogen-bond donors (Lipinski definition) is 2. The van der Waals surface area contributed by atoms with Crippen molar-refractivity contribution >= 4 is 33.3 Å². The molecule has 0 aliphatic heterocycles. The molecular weight excluding hydrogens is 314 g/mol. The van der Waals surface area contributed by atoms with Crippen molar-refractivity contribution in [1.29, 1.82) is 0 Å². The van der Waals surface area contributed by atoms with Gasteiger partial charge >= 0.3 is 0 Å². The lowest BCUT2D eigenvalue weighted by molar-refractivity contribution is 0.101. The molecule has 2 rings (SSSR count). The van der Waals surface area contributed by atoms with Crippen LogP contribution in [0.4, 0.5) is 20.3 Å². The quantitative estimate of drug-likeness (QED) is 0.882. The highest BCUT2D eigenvalue weighted by Gasteiger charge is 2.20. The van der Waals surface area contributed by atoms with Crippen LogP contribution in [0.3, 0.4) is 0 Å². The Bertz CT molecular complexity index is 593. The monoisotopic (exact) mass is 318 g/mol. The predicted molar refractivity (Wildman–Crippen MR) is 60.7 cm³/mol. The van der Waals surface area contributed by atoms with Crippen LogP contribution in [-0.2, 0) is 0 Å². The fourth-order valence-electron chi connectivity index (χ4n) is 1.19. The molecule has 6 nitrogen and oxygen atoms in total. The van der Waals surface area contributed by atoms with Gasteiger partial charge in [-0.3, -0.25) is 4.79 Å². The number of amides is 1. The third-order valence-electron chi connectivity index (χ3n) is 1.97. The number of carbonyl (C=O) groups excluding carboxylic acids is 1. The molecule has 1 amide bonds. The maximum Gasteiger partial charge on any atom is 0.281 e. The summed E-state index contributed by atoms with van der Waals surface area (Å²) in [6.45, 7) is 0. The third-order valence-corrected chi connectivity index (χ3v) is 2.43.